The van der Waals surface area contributed by atoms with Crippen molar-refractivity contribution in [1.82, 2.24) is 14.3 Å². The SMILES string of the molecule is CN(C)S(=O)(=O)c1ccc(C(=O)Nc2ncccn2)cc1. The molecule has 1 N–H and O–H groups in total. The zero-order valence-corrected chi connectivity index (χ0v) is 12.3. The van der Waals surface area contributed by atoms with E-state index in [1.807, 2.05) is 0 Å². The Morgan fingerprint density at radius 2 is 1.67 bits per heavy atom. The topological polar surface area (TPSA) is 92.3 Å². The molecule has 1 aromatic heterocycles. The van der Waals surface area contributed by atoms with E-state index >= 15 is 0 Å². The first-order chi connectivity index (χ1) is 9.91. The fourth-order valence-corrected chi connectivity index (χ4v) is 2.43. The second-order valence-corrected chi connectivity index (χ2v) is 6.49. The number of amides is 1. The van der Waals surface area contributed by atoms with Gasteiger partial charge in [0.1, 0.15) is 0 Å². The van der Waals surface area contributed by atoms with Crippen LogP contribution in [0.1, 0.15) is 10.4 Å². The minimum Gasteiger partial charge on any atom is -0.290 e. The molecule has 0 aliphatic carbocycles. The largest absolute Gasteiger partial charge is 0.290 e. The maximum Gasteiger partial charge on any atom is 0.258 e. The van der Waals surface area contributed by atoms with Crippen LogP contribution in [-0.2, 0) is 10.0 Å². The van der Waals surface area contributed by atoms with Crippen LogP contribution >= 0.6 is 0 Å². The van der Waals surface area contributed by atoms with Crippen molar-refractivity contribution in [3.05, 3.63) is 48.3 Å². The third-order valence-corrected chi connectivity index (χ3v) is 4.52. The lowest BCUT2D eigenvalue weighted by atomic mass is 10.2. The van der Waals surface area contributed by atoms with Gasteiger partial charge in [0.2, 0.25) is 16.0 Å². The van der Waals surface area contributed by atoms with Crippen LogP contribution in [0, 0.1) is 0 Å². The number of benzene rings is 1. The summed E-state index contributed by atoms with van der Waals surface area (Å²) in [5.74, 6) is -0.220. The third-order valence-electron chi connectivity index (χ3n) is 2.69. The zero-order chi connectivity index (χ0) is 15.5. The highest BCUT2D eigenvalue weighted by Gasteiger charge is 2.17. The Kier molecular flexibility index (Phi) is 4.29. The summed E-state index contributed by atoms with van der Waals surface area (Å²) in [6, 6.07) is 7.28. The van der Waals surface area contributed by atoms with Crippen molar-refractivity contribution in [3.63, 3.8) is 0 Å². The molecule has 0 unspecified atom stereocenters. The van der Waals surface area contributed by atoms with Crippen molar-refractivity contribution in [2.24, 2.45) is 0 Å². The summed E-state index contributed by atoms with van der Waals surface area (Å²) in [6.07, 6.45) is 3.02. The normalized spacial score (nSPS) is 11.4. The van der Waals surface area contributed by atoms with Gasteiger partial charge in [0.25, 0.3) is 5.91 Å². The van der Waals surface area contributed by atoms with Crippen molar-refractivity contribution in [3.8, 4) is 0 Å². The van der Waals surface area contributed by atoms with Crippen LogP contribution in [0.25, 0.3) is 0 Å². The summed E-state index contributed by atoms with van der Waals surface area (Å²) in [5, 5.41) is 2.52. The number of hydrogen-bond donors (Lipinski definition) is 1. The highest BCUT2D eigenvalue weighted by atomic mass is 32.2. The van der Waals surface area contributed by atoms with E-state index in [9.17, 15) is 13.2 Å². The Hall–Kier alpha value is -2.32. The third kappa shape index (κ3) is 3.41. The fraction of sp³-hybridized carbons (Fsp3) is 0.154. The van der Waals surface area contributed by atoms with E-state index in [-0.39, 0.29) is 10.8 Å². The minimum atomic E-state index is -3.50. The molecule has 2 aromatic rings. The summed E-state index contributed by atoms with van der Waals surface area (Å²) >= 11 is 0. The zero-order valence-electron chi connectivity index (χ0n) is 11.5. The van der Waals surface area contributed by atoms with E-state index in [1.165, 1.54) is 50.8 Å². The number of sulfonamides is 1. The number of rotatable bonds is 4. The lowest BCUT2D eigenvalue weighted by molar-refractivity contribution is 0.102. The molecule has 21 heavy (non-hydrogen) atoms. The van der Waals surface area contributed by atoms with Gasteiger partial charge in [-0.25, -0.2) is 22.7 Å². The molecule has 110 valence electrons. The van der Waals surface area contributed by atoms with Gasteiger partial charge in [0.05, 0.1) is 4.90 Å². The molecule has 1 aromatic carbocycles. The van der Waals surface area contributed by atoms with Crippen molar-refractivity contribution in [2.75, 3.05) is 19.4 Å². The Bertz CT molecular complexity index is 728. The van der Waals surface area contributed by atoms with E-state index < -0.39 is 15.9 Å². The molecular weight excluding hydrogens is 292 g/mol. The van der Waals surface area contributed by atoms with E-state index in [0.29, 0.717) is 5.56 Å². The smallest absolute Gasteiger partial charge is 0.258 e. The van der Waals surface area contributed by atoms with Crippen molar-refractivity contribution >= 4 is 21.9 Å². The first-order valence-electron chi connectivity index (χ1n) is 6.02. The monoisotopic (exact) mass is 306 g/mol. The van der Waals surface area contributed by atoms with Gasteiger partial charge in [0, 0.05) is 32.1 Å². The summed E-state index contributed by atoms with van der Waals surface area (Å²) in [7, 11) is -0.607. The predicted molar refractivity (Wildman–Crippen MR) is 77.3 cm³/mol. The second kappa shape index (κ2) is 5.98. The van der Waals surface area contributed by atoms with Crippen LogP contribution in [0.4, 0.5) is 5.95 Å². The van der Waals surface area contributed by atoms with E-state index in [0.717, 1.165) is 4.31 Å². The van der Waals surface area contributed by atoms with Gasteiger partial charge in [-0.05, 0) is 30.3 Å². The Balaban J connectivity index is 2.18. The van der Waals surface area contributed by atoms with Gasteiger partial charge in [0.15, 0.2) is 0 Å². The van der Waals surface area contributed by atoms with Crippen LogP contribution in [-0.4, -0.2) is 42.7 Å². The van der Waals surface area contributed by atoms with Crippen LogP contribution in [0.3, 0.4) is 0 Å². The van der Waals surface area contributed by atoms with Crippen LogP contribution in [0.2, 0.25) is 0 Å². The fourth-order valence-electron chi connectivity index (χ4n) is 1.53. The van der Waals surface area contributed by atoms with E-state index in [2.05, 4.69) is 15.3 Å². The van der Waals surface area contributed by atoms with Gasteiger partial charge in [-0.2, -0.15) is 0 Å². The van der Waals surface area contributed by atoms with Crippen LogP contribution < -0.4 is 5.32 Å². The van der Waals surface area contributed by atoms with Crippen molar-refractivity contribution in [2.45, 2.75) is 4.90 Å². The predicted octanol–water partition coefficient (Wildman–Crippen LogP) is 0.979. The quantitative estimate of drug-likeness (QED) is 0.909. The molecule has 0 saturated heterocycles. The first-order valence-corrected chi connectivity index (χ1v) is 7.46. The lowest BCUT2D eigenvalue weighted by Gasteiger charge is -2.11. The molecule has 8 heteroatoms. The number of aromatic nitrogens is 2. The molecule has 1 heterocycles. The van der Waals surface area contributed by atoms with Crippen LogP contribution in [0.5, 0.6) is 0 Å². The number of carbonyl (C=O) groups excluding carboxylic acids is 1. The van der Waals surface area contributed by atoms with Gasteiger partial charge < -0.3 is 0 Å². The second-order valence-electron chi connectivity index (χ2n) is 4.34. The summed E-state index contributed by atoms with van der Waals surface area (Å²) < 4.78 is 24.9. The Morgan fingerprint density at radius 3 is 2.19 bits per heavy atom. The van der Waals surface area contributed by atoms with Gasteiger partial charge in [-0.15, -0.1) is 0 Å². The molecule has 0 bridgehead atoms. The molecule has 2 rings (SSSR count). The van der Waals surface area contributed by atoms with E-state index in [4.69, 9.17) is 0 Å². The molecule has 0 fully saturated rings. The lowest BCUT2D eigenvalue weighted by Crippen LogP contribution is -2.22. The standard InChI is InChI=1S/C13H14N4O3S/c1-17(2)21(19,20)11-6-4-10(5-7-11)12(18)16-13-14-8-3-9-15-13/h3-9H,1-2H3,(H,14,15,16,18). The Labute approximate surface area is 122 Å². The number of anilines is 1. The Morgan fingerprint density at radius 1 is 1.10 bits per heavy atom. The molecule has 0 spiro atoms. The molecule has 0 aliphatic rings. The van der Waals surface area contributed by atoms with Gasteiger partial charge in [-0.3, -0.25) is 10.1 Å². The number of hydrogen-bond acceptors (Lipinski definition) is 5. The number of nitrogens with zero attached hydrogens (tertiary/aromatic N) is 3. The van der Waals surface area contributed by atoms with E-state index in [1.54, 1.807) is 6.07 Å². The first kappa shape index (κ1) is 15.1. The molecular formula is C13H14N4O3S. The molecule has 1 amide bonds. The molecule has 0 saturated carbocycles. The van der Waals surface area contributed by atoms with Gasteiger partial charge in [-0.1, -0.05) is 0 Å². The molecule has 7 nitrogen and oxygen atoms in total. The summed E-state index contributed by atoms with van der Waals surface area (Å²) in [5.41, 5.74) is 0.320. The molecule has 0 atom stereocenters. The van der Waals surface area contributed by atoms with Crippen molar-refractivity contribution < 1.29 is 13.2 Å². The maximum atomic E-state index is 12.0. The summed E-state index contributed by atoms with van der Waals surface area (Å²) in [4.78, 5) is 19.8. The number of carbonyl (C=O) groups is 1. The summed E-state index contributed by atoms with van der Waals surface area (Å²) in [6.45, 7) is 0. The van der Waals surface area contributed by atoms with Crippen LogP contribution in [0.15, 0.2) is 47.6 Å². The van der Waals surface area contributed by atoms with Gasteiger partial charge >= 0.3 is 0 Å². The molecule has 0 radical (unpaired) electrons. The molecule has 0 aliphatic heterocycles. The number of nitrogens with one attached hydrogen (secondary N) is 1. The minimum absolute atomic E-state index is 0.125. The maximum absolute atomic E-state index is 12.0. The average Bonchev–Trinajstić information content (AvgIpc) is 2.48. The highest BCUT2D eigenvalue weighted by Crippen LogP contribution is 2.14. The average molecular weight is 306 g/mol. The highest BCUT2D eigenvalue weighted by molar-refractivity contribution is 7.89. The van der Waals surface area contributed by atoms with Crippen molar-refractivity contribution in [1.29, 1.82) is 0 Å².